The summed E-state index contributed by atoms with van der Waals surface area (Å²) in [5.74, 6) is -0.810. The Morgan fingerprint density at radius 2 is 1.55 bits per heavy atom. The van der Waals surface area contributed by atoms with Crippen molar-refractivity contribution in [3.8, 4) is 0 Å². The predicted molar refractivity (Wildman–Crippen MR) is 183 cm³/mol. The van der Waals surface area contributed by atoms with Gasteiger partial charge in [-0.3, -0.25) is 19.4 Å². The van der Waals surface area contributed by atoms with E-state index in [2.05, 4.69) is 25.3 Å². The standard InChI is InChI=1S/C35H40N10O4/c1-7-45-30(20-24(3)40-45)33(47)37-35-42(5)29-16-12-13-25(21-49-22-48-6)31(29)44(35)18-11-10-17-43-28-15-9-8-14-27(28)41(4)34(43)36-32(46)26-19-23(2)38-39-26/h8-16,19-20H,7,17-18,21-22H2,1-6H3,(H,38,39)/b11-10+,36-34?,37-35?. The number of nitrogens with one attached hydrogen (secondary N) is 1. The summed E-state index contributed by atoms with van der Waals surface area (Å²) in [7, 11) is 5.37. The Balaban J connectivity index is 1.41. The van der Waals surface area contributed by atoms with Gasteiger partial charge in [0.15, 0.2) is 5.69 Å². The van der Waals surface area contributed by atoms with Crippen molar-refractivity contribution in [3.05, 3.63) is 106 Å². The van der Waals surface area contributed by atoms with Crippen LogP contribution in [0.3, 0.4) is 0 Å². The highest BCUT2D eigenvalue weighted by molar-refractivity contribution is 5.94. The largest absolute Gasteiger partial charge is 0.359 e. The van der Waals surface area contributed by atoms with Crippen molar-refractivity contribution in [1.29, 1.82) is 0 Å². The highest BCUT2D eigenvalue weighted by Gasteiger charge is 2.18. The lowest BCUT2D eigenvalue weighted by Crippen LogP contribution is -2.27. The third kappa shape index (κ3) is 6.60. The van der Waals surface area contributed by atoms with Crippen LogP contribution in [0.2, 0.25) is 0 Å². The first-order valence-electron chi connectivity index (χ1n) is 16.0. The number of ether oxygens (including phenoxy) is 2. The average molecular weight is 665 g/mol. The van der Waals surface area contributed by atoms with Gasteiger partial charge in [0.1, 0.15) is 12.5 Å². The number of methoxy groups -OCH3 is 1. The molecule has 0 radical (unpaired) electrons. The van der Waals surface area contributed by atoms with Crippen molar-refractivity contribution in [2.75, 3.05) is 13.9 Å². The molecule has 14 heteroatoms. The SMILES string of the molecule is CCn1nc(C)cc1C(=O)N=c1n(C)c2cccc(COCOC)c2n1C/C=C/Cn1c(=NC(=O)c2cc(C)[nH]n2)n(C)c2ccccc21. The van der Waals surface area contributed by atoms with Gasteiger partial charge in [0.05, 0.1) is 34.4 Å². The third-order valence-corrected chi connectivity index (χ3v) is 8.30. The molecule has 0 saturated heterocycles. The number of hydrogen-bond acceptors (Lipinski definition) is 6. The zero-order valence-corrected chi connectivity index (χ0v) is 28.5. The molecule has 2 amide bonds. The fourth-order valence-electron chi connectivity index (χ4n) is 6.04. The van der Waals surface area contributed by atoms with E-state index in [0.29, 0.717) is 43.2 Å². The molecule has 4 heterocycles. The van der Waals surface area contributed by atoms with Gasteiger partial charge in [0.25, 0.3) is 5.91 Å². The van der Waals surface area contributed by atoms with Crippen molar-refractivity contribution in [3.63, 3.8) is 0 Å². The number of amides is 2. The molecule has 0 atom stereocenters. The van der Waals surface area contributed by atoms with Gasteiger partial charge >= 0.3 is 5.91 Å². The van der Waals surface area contributed by atoms with Gasteiger partial charge in [-0.05, 0) is 51.1 Å². The summed E-state index contributed by atoms with van der Waals surface area (Å²) < 4.78 is 20.4. The van der Waals surface area contributed by atoms with Crippen molar-refractivity contribution >= 4 is 33.9 Å². The number of aromatic nitrogens is 8. The highest BCUT2D eigenvalue weighted by Crippen LogP contribution is 2.20. The fraction of sp³-hybridized carbons (Fsp3) is 0.314. The number of carbonyl (C=O) groups is 2. The van der Waals surface area contributed by atoms with Gasteiger partial charge in [-0.2, -0.15) is 20.2 Å². The number of benzene rings is 2. The van der Waals surface area contributed by atoms with Crippen LogP contribution in [0, 0.1) is 13.8 Å². The second kappa shape index (κ2) is 14.3. The maximum atomic E-state index is 13.6. The van der Waals surface area contributed by atoms with Crippen LogP contribution in [0.25, 0.3) is 22.1 Å². The predicted octanol–water partition coefficient (Wildman–Crippen LogP) is 3.69. The Labute approximate surface area is 282 Å². The number of rotatable bonds is 11. The number of aryl methyl sites for hydroxylation is 5. The molecule has 0 saturated carbocycles. The summed E-state index contributed by atoms with van der Waals surface area (Å²) in [5.41, 5.74) is 7.79. The van der Waals surface area contributed by atoms with E-state index in [9.17, 15) is 9.59 Å². The van der Waals surface area contributed by atoms with Crippen molar-refractivity contribution in [2.45, 2.75) is 47.0 Å². The first kappa shape index (κ1) is 33.3. The molecular weight excluding hydrogens is 624 g/mol. The van der Waals surface area contributed by atoms with E-state index in [4.69, 9.17) is 9.47 Å². The molecule has 1 N–H and O–H groups in total. The molecule has 49 heavy (non-hydrogen) atoms. The average Bonchev–Trinajstić information content (AvgIpc) is 3.84. The number of carbonyl (C=O) groups excluding carboxylic acids is 2. The first-order valence-corrected chi connectivity index (χ1v) is 16.0. The van der Waals surface area contributed by atoms with Crippen LogP contribution in [-0.4, -0.2) is 64.0 Å². The first-order chi connectivity index (χ1) is 23.7. The van der Waals surface area contributed by atoms with Gasteiger partial charge in [0.2, 0.25) is 11.2 Å². The Kier molecular flexibility index (Phi) is 9.69. The van der Waals surface area contributed by atoms with E-state index in [1.807, 2.05) is 108 Å². The van der Waals surface area contributed by atoms with Crippen LogP contribution < -0.4 is 11.2 Å². The van der Waals surface area contributed by atoms with Crippen LogP contribution in [0.4, 0.5) is 0 Å². The Morgan fingerprint density at radius 1 is 0.878 bits per heavy atom. The summed E-state index contributed by atoms with van der Waals surface area (Å²) in [6, 6.07) is 17.3. The summed E-state index contributed by atoms with van der Waals surface area (Å²) >= 11 is 0. The number of hydrogen-bond donors (Lipinski definition) is 1. The molecule has 14 nitrogen and oxygen atoms in total. The number of nitrogens with zero attached hydrogens (tertiary/aromatic N) is 9. The minimum atomic E-state index is -0.432. The molecule has 254 valence electrons. The number of allylic oxidation sites excluding steroid dienone is 2. The van der Waals surface area contributed by atoms with Gasteiger partial charge in [-0.15, -0.1) is 0 Å². The van der Waals surface area contributed by atoms with E-state index in [1.54, 1.807) is 23.9 Å². The second-order valence-electron chi connectivity index (χ2n) is 11.7. The van der Waals surface area contributed by atoms with Crippen LogP contribution in [-0.2, 0) is 49.8 Å². The van der Waals surface area contributed by atoms with Crippen LogP contribution in [0.5, 0.6) is 0 Å². The van der Waals surface area contributed by atoms with Gasteiger partial charge in [-0.25, -0.2) is 0 Å². The highest BCUT2D eigenvalue weighted by atomic mass is 16.7. The number of H-pyrrole nitrogens is 1. The second-order valence-corrected chi connectivity index (χ2v) is 11.7. The van der Waals surface area contributed by atoms with Crippen molar-refractivity contribution in [2.24, 2.45) is 24.1 Å². The lowest BCUT2D eigenvalue weighted by atomic mass is 10.2. The minimum absolute atomic E-state index is 0.150. The molecular formula is C35H40N10O4. The summed E-state index contributed by atoms with van der Waals surface area (Å²) in [4.78, 5) is 35.8. The lowest BCUT2D eigenvalue weighted by Gasteiger charge is -2.08. The summed E-state index contributed by atoms with van der Waals surface area (Å²) in [6.07, 6.45) is 4.04. The summed E-state index contributed by atoms with van der Waals surface area (Å²) in [6.45, 7) is 7.49. The van der Waals surface area contributed by atoms with Crippen molar-refractivity contribution in [1.82, 2.24) is 38.2 Å². The van der Waals surface area contributed by atoms with Gasteiger partial charge in [-0.1, -0.05) is 36.4 Å². The van der Waals surface area contributed by atoms with E-state index in [-0.39, 0.29) is 18.4 Å². The molecule has 6 aromatic rings. The summed E-state index contributed by atoms with van der Waals surface area (Å²) in [5, 5.41) is 11.3. The molecule has 0 bridgehead atoms. The minimum Gasteiger partial charge on any atom is -0.359 e. The fourth-order valence-corrected chi connectivity index (χ4v) is 6.04. The molecule has 6 rings (SSSR count). The Morgan fingerprint density at radius 3 is 2.27 bits per heavy atom. The zero-order chi connectivity index (χ0) is 34.7. The molecule has 0 unspecified atom stereocenters. The Bertz CT molecular complexity index is 2340. The van der Waals surface area contributed by atoms with Crippen LogP contribution in [0.15, 0.2) is 76.7 Å². The lowest BCUT2D eigenvalue weighted by molar-refractivity contribution is -0.0387. The molecule has 4 aromatic heterocycles. The zero-order valence-electron chi connectivity index (χ0n) is 28.5. The maximum Gasteiger partial charge on any atom is 0.300 e. The van der Waals surface area contributed by atoms with E-state index >= 15 is 0 Å². The molecule has 0 aliphatic carbocycles. The van der Waals surface area contributed by atoms with Gasteiger partial charge in [0, 0.05) is 52.1 Å². The Hall–Kier alpha value is -5.60. The number of aromatic amines is 1. The number of imidazole rings is 2. The van der Waals surface area contributed by atoms with E-state index < -0.39 is 5.91 Å². The smallest absolute Gasteiger partial charge is 0.300 e. The van der Waals surface area contributed by atoms with Gasteiger partial charge < -0.3 is 27.7 Å². The molecule has 2 aromatic carbocycles. The van der Waals surface area contributed by atoms with Crippen LogP contribution >= 0.6 is 0 Å². The molecule has 0 aliphatic rings. The topological polar surface area (TPSA) is 144 Å². The maximum absolute atomic E-state index is 13.6. The number of fused-ring (bicyclic) bond motifs is 2. The van der Waals surface area contributed by atoms with Crippen molar-refractivity contribution < 1.29 is 19.1 Å². The van der Waals surface area contributed by atoms with E-state index in [1.165, 1.54) is 0 Å². The number of para-hydroxylation sites is 3. The molecule has 0 spiro atoms. The van der Waals surface area contributed by atoms with Crippen LogP contribution in [0.1, 0.15) is 44.9 Å². The van der Waals surface area contributed by atoms with E-state index in [0.717, 1.165) is 39.0 Å². The molecule has 0 aliphatic heterocycles. The normalized spacial score (nSPS) is 12.8. The molecule has 0 fully saturated rings. The monoisotopic (exact) mass is 664 g/mol. The quantitative estimate of drug-likeness (QED) is 0.127. The third-order valence-electron chi connectivity index (χ3n) is 8.30.